The number of nitrogens with one attached hydrogen (secondary N) is 9. The van der Waals surface area contributed by atoms with Crippen LogP contribution in [0.5, 0.6) is 5.75 Å². The number of aromatic amines is 1. The molecule has 1 saturated heterocycles. The summed E-state index contributed by atoms with van der Waals surface area (Å²) in [5.41, 5.74) is 7.52. The lowest BCUT2D eigenvalue weighted by Crippen LogP contribution is -2.64. The van der Waals surface area contributed by atoms with Gasteiger partial charge in [-0.05, 0) is 117 Å². The Kier molecular flexibility index (Phi) is 24.5. The molecule has 0 radical (unpaired) electrons. The first-order valence-electron chi connectivity index (χ1n) is 27.0. The molecule has 9 amide bonds. The fourth-order valence-corrected chi connectivity index (χ4v) is 11.8. The third-order valence-corrected chi connectivity index (χ3v) is 17.3. The van der Waals surface area contributed by atoms with E-state index in [1.54, 1.807) is 78.9 Å². The molecule has 3 aromatic rings. The molecule has 23 nitrogen and oxygen atoms in total. The number of benzene rings is 2. The second-order valence-electron chi connectivity index (χ2n) is 22.3. The molecule has 12 N–H and O–H groups in total. The summed E-state index contributed by atoms with van der Waals surface area (Å²) < 4.78 is 9.10. The maximum absolute atomic E-state index is 15.1. The van der Waals surface area contributed by atoms with Crippen molar-refractivity contribution in [2.24, 2.45) is 5.73 Å². The lowest BCUT2D eigenvalue weighted by atomic mass is 9.98. The number of aryl methyl sites for hydroxylation is 1. The molecule has 0 aliphatic carbocycles. The molecule has 8 atom stereocenters. The number of nitrogens with two attached hydrogens (primary N) is 1. The van der Waals surface area contributed by atoms with E-state index in [4.69, 9.17) is 15.2 Å². The van der Waals surface area contributed by atoms with Crippen molar-refractivity contribution in [1.29, 1.82) is 0 Å². The van der Waals surface area contributed by atoms with Crippen LogP contribution in [0.1, 0.15) is 125 Å². The van der Waals surface area contributed by atoms with Crippen LogP contribution in [0.2, 0.25) is 0 Å². The van der Waals surface area contributed by atoms with E-state index in [1.165, 1.54) is 20.8 Å². The molecule has 0 saturated carbocycles. The number of unbranched alkanes of at least 4 members (excludes halogenated alkanes) is 1. The summed E-state index contributed by atoms with van der Waals surface area (Å²) in [5, 5.41) is 32.8. The Balaban J connectivity index is 1.94. The van der Waals surface area contributed by atoms with Gasteiger partial charge in [-0.2, -0.15) is 0 Å². The molecule has 4 rings (SSSR count). The van der Waals surface area contributed by atoms with E-state index in [9.17, 15) is 43.5 Å². The van der Waals surface area contributed by atoms with Crippen molar-refractivity contribution in [3.05, 3.63) is 65.4 Å². The first-order chi connectivity index (χ1) is 37.8. The summed E-state index contributed by atoms with van der Waals surface area (Å²) in [4.78, 5) is 142. The summed E-state index contributed by atoms with van der Waals surface area (Å²) in [7, 11) is 2.02. The topological polar surface area (TPSA) is 347 Å². The van der Waals surface area contributed by atoms with Crippen molar-refractivity contribution < 1.29 is 62.5 Å². The van der Waals surface area contributed by atoms with Crippen molar-refractivity contribution in [1.82, 2.24) is 47.5 Å². The van der Waals surface area contributed by atoms with Gasteiger partial charge in [-0.15, -0.1) is 0 Å². The second-order valence-corrected chi connectivity index (χ2v) is 25.8. The van der Waals surface area contributed by atoms with Gasteiger partial charge in [0.2, 0.25) is 53.2 Å². The zero-order valence-corrected chi connectivity index (χ0v) is 50.0. The van der Waals surface area contributed by atoms with Crippen LogP contribution in [0.3, 0.4) is 0 Å². The standard InChI is InChI=1S/C56H82N10O13S2/c1-13-25-78-36-22-20-34(21-23-36)26-41(53(76)77)64-52(75)46-56(11,12)81-80-55(9,10)45(60-33(5)68)51(74)63-40(28-42(57)69)49(72)65-44(31(3)79-54(6,7)8)50(73)62-39(27-35-29-59-43-30(2)17-16-18-37(35)43)48(71)61-38(47(70)66-46)19-14-15-24-58-32(4)67/h16-18,20-23,29,31,38-41,44-46,59H,13-15,19,24-28H2,1-12H3,(H2,57,69)(H,58,67)(H,60,68)(H,61,71)(H,62,73)(H,63,74)(H,64,75)(H,65,72)(H,66,70)(H,76,77)/t31-,38+,39+,40+,41+,44+,45-,46-/m1/s1. The normalized spacial score (nSPS) is 22.0. The zero-order chi connectivity index (χ0) is 60.6. The van der Waals surface area contributed by atoms with E-state index in [-0.39, 0.29) is 38.1 Å². The molecule has 0 unspecified atom stereocenters. The third kappa shape index (κ3) is 20.6. The molecule has 2 aromatic carbocycles. The summed E-state index contributed by atoms with van der Waals surface area (Å²) >= 11 is 0. The van der Waals surface area contributed by atoms with Gasteiger partial charge >= 0.3 is 5.97 Å². The summed E-state index contributed by atoms with van der Waals surface area (Å²) in [5.74, 6) is -8.35. The monoisotopic (exact) mass is 1170 g/mol. The predicted octanol–water partition coefficient (Wildman–Crippen LogP) is 2.89. The average Bonchev–Trinajstić information content (AvgIpc) is 3.90. The van der Waals surface area contributed by atoms with Gasteiger partial charge in [0, 0.05) is 59.8 Å². The minimum atomic E-state index is -1.73. The summed E-state index contributed by atoms with van der Waals surface area (Å²) in [6.45, 7) is 20.1. The largest absolute Gasteiger partial charge is 0.494 e. The number of primary amides is 1. The molecular weight excluding hydrogens is 1080 g/mol. The Morgan fingerprint density at radius 2 is 1.41 bits per heavy atom. The fraction of sp³-hybridized carbons (Fsp3) is 0.571. The first-order valence-corrected chi connectivity index (χ1v) is 29.1. The highest BCUT2D eigenvalue weighted by atomic mass is 33.1. The van der Waals surface area contributed by atoms with Gasteiger partial charge in [0.05, 0.1) is 24.7 Å². The number of carboxylic acids is 1. The van der Waals surface area contributed by atoms with Crippen LogP contribution in [0.25, 0.3) is 10.9 Å². The number of para-hydroxylation sites is 1. The van der Waals surface area contributed by atoms with Gasteiger partial charge in [0.25, 0.3) is 0 Å². The quantitative estimate of drug-likeness (QED) is 0.0573. The van der Waals surface area contributed by atoms with Crippen LogP contribution >= 0.6 is 21.6 Å². The number of carboxylic acid groups (broad SMARTS) is 1. The Morgan fingerprint density at radius 1 is 0.790 bits per heavy atom. The molecule has 1 fully saturated rings. The minimum absolute atomic E-state index is 0.0621. The minimum Gasteiger partial charge on any atom is -0.494 e. The molecule has 0 bridgehead atoms. The number of rotatable bonds is 20. The SMILES string of the molecule is CCCOc1ccc(C[C@H](NC(=O)[C@H]2NC(=O)[C@H](CCCCNC(C)=O)NC(=O)[C@H](Cc3c[nH]c4c(C)cccc34)NC(=O)[C@H]([C@@H](C)OC(C)(C)C)NC(=O)[C@H](CC(N)=O)NC(=O)[C@@H](NC(C)=O)C(C)(C)SSC2(C)C)C(=O)O)cc1. The van der Waals surface area contributed by atoms with Crippen LogP contribution in [0.15, 0.2) is 48.7 Å². The van der Waals surface area contributed by atoms with Crippen LogP contribution in [-0.4, -0.2) is 146 Å². The molecule has 0 spiro atoms. The average molecular weight is 1170 g/mol. The molecule has 2 heterocycles. The number of ether oxygens (including phenoxy) is 2. The van der Waals surface area contributed by atoms with Crippen molar-refractivity contribution in [3.63, 3.8) is 0 Å². The van der Waals surface area contributed by atoms with Crippen molar-refractivity contribution >= 4 is 91.6 Å². The Hall–Kier alpha value is -6.86. The number of carbonyl (C=O) groups excluding carboxylic acids is 9. The van der Waals surface area contributed by atoms with Crippen LogP contribution in [-0.2, 0) is 65.5 Å². The van der Waals surface area contributed by atoms with Gasteiger partial charge in [-0.3, -0.25) is 43.2 Å². The molecule has 1 aromatic heterocycles. The van der Waals surface area contributed by atoms with Gasteiger partial charge < -0.3 is 67.8 Å². The number of aromatic nitrogens is 1. The highest BCUT2D eigenvalue weighted by Gasteiger charge is 2.46. The highest BCUT2D eigenvalue weighted by molar-refractivity contribution is 8.77. The van der Waals surface area contributed by atoms with Crippen molar-refractivity contribution in [2.45, 2.75) is 192 Å². The molecule has 446 valence electrons. The molecule has 25 heteroatoms. The van der Waals surface area contributed by atoms with Crippen LogP contribution in [0, 0.1) is 6.92 Å². The maximum atomic E-state index is 15.1. The summed E-state index contributed by atoms with van der Waals surface area (Å²) in [6.07, 6.45) is 0.732. The molecule has 81 heavy (non-hydrogen) atoms. The Bertz CT molecular complexity index is 2750. The lowest BCUT2D eigenvalue weighted by Gasteiger charge is -2.39. The number of hydrogen-bond donors (Lipinski definition) is 11. The number of aliphatic carboxylic acids is 1. The second kappa shape index (κ2) is 29.7. The van der Waals surface area contributed by atoms with Gasteiger partial charge in [0.1, 0.15) is 48.0 Å². The number of carbonyl (C=O) groups is 10. The Labute approximate surface area is 481 Å². The van der Waals surface area contributed by atoms with Gasteiger partial charge in [0.15, 0.2) is 0 Å². The Morgan fingerprint density at radius 3 is 2.01 bits per heavy atom. The number of hydrogen-bond acceptors (Lipinski definition) is 14. The predicted molar refractivity (Wildman–Crippen MR) is 309 cm³/mol. The van der Waals surface area contributed by atoms with E-state index >= 15 is 9.59 Å². The lowest BCUT2D eigenvalue weighted by molar-refractivity contribution is -0.142. The van der Waals surface area contributed by atoms with Crippen LogP contribution < -0.4 is 53.0 Å². The van der Waals surface area contributed by atoms with E-state index < -0.39 is 123 Å². The van der Waals surface area contributed by atoms with Gasteiger partial charge in [-0.25, -0.2) is 4.79 Å². The molecule has 1 aliphatic heterocycles. The number of amides is 9. The fourth-order valence-electron chi connectivity index (χ4n) is 8.94. The molecule has 1 aliphatic rings. The van der Waals surface area contributed by atoms with Crippen LogP contribution in [0.4, 0.5) is 0 Å². The number of fused-ring (bicyclic) bond motifs is 1. The first kappa shape index (κ1) is 66.7. The maximum Gasteiger partial charge on any atom is 0.326 e. The zero-order valence-electron chi connectivity index (χ0n) is 48.3. The van der Waals surface area contributed by atoms with E-state index in [1.807, 2.05) is 32.0 Å². The van der Waals surface area contributed by atoms with E-state index in [2.05, 4.69) is 47.5 Å². The van der Waals surface area contributed by atoms with Crippen molar-refractivity contribution in [2.75, 3.05) is 13.2 Å². The van der Waals surface area contributed by atoms with E-state index in [0.717, 1.165) is 44.5 Å². The third-order valence-electron chi connectivity index (χ3n) is 13.1. The van der Waals surface area contributed by atoms with E-state index in [0.29, 0.717) is 29.9 Å². The van der Waals surface area contributed by atoms with Gasteiger partial charge in [-0.1, -0.05) is 58.8 Å². The number of H-pyrrole nitrogens is 1. The highest BCUT2D eigenvalue weighted by Crippen LogP contribution is 2.47. The van der Waals surface area contributed by atoms with Crippen molar-refractivity contribution in [3.8, 4) is 5.75 Å². The molecular formula is C56H82N10O13S2. The summed E-state index contributed by atoms with van der Waals surface area (Å²) in [6, 6.07) is 1.39. The smallest absolute Gasteiger partial charge is 0.326 e.